The zero-order valence-corrected chi connectivity index (χ0v) is 29.2. The predicted octanol–water partition coefficient (Wildman–Crippen LogP) is 11.7. The minimum Gasteiger partial charge on any atom is -0.236 e. The molecule has 0 radical (unpaired) electrons. The first-order valence-corrected chi connectivity index (χ1v) is 18.8. The molecule has 6 nitrogen and oxygen atoms in total. The number of fused-ring (bicyclic) bond motifs is 3. The van der Waals surface area contributed by atoms with E-state index in [4.69, 9.17) is 29.9 Å². The number of rotatable bonds is 6. The van der Waals surface area contributed by atoms with Crippen molar-refractivity contribution in [2.75, 3.05) is 0 Å². The number of thiazole rings is 3. The Morgan fingerprint density at radius 3 is 0.882 bits per heavy atom. The van der Waals surface area contributed by atoms with Crippen molar-refractivity contribution in [1.29, 1.82) is 0 Å². The summed E-state index contributed by atoms with van der Waals surface area (Å²) in [5.41, 5.74) is 8.72. The highest BCUT2D eigenvalue weighted by Crippen LogP contribution is 2.36. The average molecular weight is 709 g/mol. The largest absolute Gasteiger partial charge is 0.236 e. The molecule has 0 saturated heterocycles. The fraction of sp³-hybridized carbons (Fsp3) is 0. The number of benzene rings is 6. The Balaban J connectivity index is 1.11. The van der Waals surface area contributed by atoms with Crippen LogP contribution < -0.4 is 0 Å². The monoisotopic (exact) mass is 708 g/mol. The van der Waals surface area contributed by atoms with Crippen molar-refractivity contribution >= 4 is 64.7 Å². The summed E-state index contributed by atoms with van der Waals surface area (Å²) in [4.78, 5) is 30.0. The van der Waals surface area contributed by atoms with Crippen LogP contribution in [-0.2, 0) is 0 Å². The van der Waals surface area contributed by atoms with Crippen LogP contribution in [0.2, 0.25) is 0 Å². The van der Waals surface area contributed by atoms with Crippen molar-refractivity contribution in [3.05, 3.63) is 146 Å². The van der Waals surface area contributed by atoms with Crippen LogP contribution in [0, 0.1) is 0 Å². The minimum atomic E-state index is 0.591. The van der Waals surface area contributed by atoms with Gasteiger partial charge in [-0.1, -0.05) is 91.0 Å². The molecule has 0 aliphatic rings. The van der Waals surface area contributed by atoms with E-state index in [9.17, 15) is 0 Å². The Labute approximate surface area is 304 Å². The van der Waals surface area contributed by atoms with Gasteiger partial charge in [-0.15, -0.1) is 34.0 Å². The van der Waals surface area contributed by atoms with Gasteiger partial charge in [-0.3, -0.25) is 0 Å². The van der Waals surface area contributed by atoms with Gasteiger partial charge < -0.3 is 0 Å². The molecule has 0 N–H and O–H groups in total. The van der Waals surface area contributed by atoms with Gasteiger partial charge in [0.05, 0.1) is 30.6 Å². The summed E-state index contributed by atoms with van der Waals surface area (Å²) in [6, 6.07) is 49.6. The number of nitrogens with zero attached hydrogens (tertiary/aromatic N) is 6. The molecule has 0 amide bonds. The van der Waals surface area contributed by atoms with Gasteiger partial charge in [-0.05, 0) is 54.6 Å². The van der Waals surface area contributed by atoms with Gasteiger partial charge in [0.2, 0.25) is 0 Å². The topological polar surface area (TPSA) is 77.3 Å². The quantitative estimate of drug-likeness (QED) is 0.171. The normalized spacial score (nSPS) is 11.5. The molecule has 10 rings (SSSR count). The summed E-state index contributed by atoms with van der Waals surface area (Å²) in [6.45, 7) is 0. The molecular formula is C42H24N6S3. The van der Waals surface area contributed by atoms with Gasteiger partial charge in [0.1, 0.15) is 15.0 Å². The highest BCUT2D eigenvalue weighted by atomic mass is 32.1. The number of aromatic nitrogens is 6. The third-order valence-corrected chi connectivity index (χ3v) is 11.9. The van der Waals surface area contributed by atoms with Crippen LogP contribution in [0.25, 0.3) is 96.5 Å². The maximum Gasteiger partial charge on any atom is 0.164 e. The Morgan fingerprint density at radius 2 is 0.569 bits per heavy atom. The van der Waals surface area contributed by atoms with Crippen molar-refractivity contribution in [1.82, 2.24) is 29.9 Å². The van der Waals surface area contributed by atoms with Gasteiger partial charge in [0.25, 0.3) is 0 Å². The molecule has 0 saturated carbocycles. The summed E-state index contributed by atoms with van der Waals surface area (Å²) in [5, 5.41) is 2.87. The molecule has 9 heteroatoms. The maximum absolute atomic E-state index is 5.10. The molecule has 0 aliphatic heterocycles. The first-order valence-electron chi connectivity index (χ1n) is 16.4. The maximum atomic E-state index is 5.10. The lowest BCUT2D eigenvalue weighted by molar-refractivity contribution is 1.07. The lowest BCUT2D eigenvalue weighted by Crippen LogP contribution is -2.00. The minimum absolute atomic E-state index is 0.591. The van der Waals surface area contributed by atoms with E-state index in [-0.39, 0.29) is 0 Å². The van der Waals surface area contributed by atoms with E-state index in [2.05, 4.69) is 91.0 Å². The smallest absolute Gasteiger partial charge is 0.164 e. The number of hydrogen-bond acceptors (Lipinski definition) is 9. The first kappa shape index (κ1) is 29.9. The van der Waals surface area contributed by atoms with Gasteiger partial charge >= 0.3 is 0 Å². The van der Waals surface area contributed by atoms with E-state index in [0.717, 1.165) is 79.1 Å². The van der Waals surface area contributed by atoms with Crippen LogP contribution in [-0.4, -0.2) is 29.9 Å². The van der Waals surface area contributed by atoms with Crippen LogP contribution >= 0.6 is 34.0 Å². The second-order valence-electron chi connectivity index (χ2n) is 12.0. The van der Waals surface area contributed by atoms with Crippen molar-refractivity contribution in [2.24, 2.45) is 0 Å². The fourth-order valence-corrected chi connectivity index (χ4v) is 9.01. The van der Waals surface area contributed by atoms with Gasteiger partial charge in [-0.2, -0.15) is 0 Å². The first-order chi connectivity index (χ1) is 25.2. The van der Waals surface area contributed by atoms with E-state index in [1.165, 1.54) is 0 Å². The highest BCUT2D eigenvalue weighted by Gasteiger charge is 2.17. The molecule has 0 fully saturated rings. The molecule has 0 atom stereocenters. The summed E-state index contributed by atoms with van der Waals surface area (Å²) in [6.07, 6.45) is 0. The molecule has 10 aromatic rings. The Kier molecular flexibility index (Phi) is 7.26. The summed E-state index contributed by atoms with van der Waals surface area (Å²) >= 11 is 5.05. The lowest BCUT2D eigenvalue weighted by atomic mass is 10.1. The molecule has 51 heavy (non-hydrogen) atoms. The van der Waals surface area contributed by atoms with Crippen LogP contribution in [0.3, 0.4) is 0 Å². The van der Waals surface area contributed by atoms with Crippen LogP contribution in [0.4, 0.5) is 0 Å². The summed E-state index contributed by atoms with van der Waals surface area (Å²) in [5.74, 6) is 1.77. The van der Waals surface area contributed by atoms with Gasteiger partial charge in [-0.25, -0.2) is 29.9 Å². The molecule has 0 unspecified atom stereocenters. The van der Waals surface area contributed by atoms with Crippen molar-refractivity contribution in [3.8, 4) is 65.9 Å². The molecule has 0 aliphatic carbocycles. The summed E-state index contributed by atoms with van der Waals surface area (Å²) < 4.78 is 3.47. The third-order valence-electron chi connectivity index (χ3n) is 8.62. The molecule has 240 valence electrons. The Bertz CT molecular complexity index is 2480. The van der Waals surface area contributed by atoms with Crippen molar-refractivity contribution in [2.45, 2.75) is 0 Å². The molecule has 6 aromatic carbocycles. The molecule has 0 spiro atoms. The molecular weight excluding hydrogens is 685 g/mol. The predicted molar refractivity (Wildman–Crippen MR) is 212 cm³/mol. The van der Waals surface area contributed by atoms with E-state index in [1.54, 1.807) is 34.0 Å². The SMILES string of the molecule is c1cc(-c2nc(-c3cccc(-c4nc5ccccc5s4)c3)nc(-c3cccc(-c4nc5ccccc5s4)c3)n2)cc(-c2nc3ccccc3s2)c1. The van der Waals surface area contributed by atoms with Crippen LogP contribution in [0.5, 0.6) is 0 Å². The van der Waals surface area contributed by atoms with E-state index in [1.807, 2.05) is 54.6 Å². The molecule has 4 aromatic heterocycles. The lowest BCUT2D eigenvalue weighted by Gasteiger charge is -2.10. The zero-order chi connectivity index (χ0) is 33.7. The Morgan fingerprint density at radius 1 is 0.275 bits per heavy atom. The third kappa shape index (κ3) is 5.67. The number of hydrogen-bond donors (Lipinski definition) is 0. The van der Waals surface area contributed by atoms with E-state index in [0.29, 0.717) is 17.5 Å². The van der Waals surface area contributed by atoms with Crippen molar-refractivity contribution < 1.29 is 0 Å². The van der Waals surface area contributed by atoms with Gasteiger partial charge in [0, 0.05) is 33.4 Å². The van der Waals surface area contributed by atoms with E-state index < -0.39 is 0 Å². The van der Waals surface area contributed by atoms with E-state index >= 15 is 0 Å². The summed E-state index contributed by atoms with van der Waals surface area (Å²) in [7, 11) is 0. The van der Waals surface area contributed by atoms with Crippen molar-refractivity contribution in [3.63, 3.8) is 0 Å². The standard InChI is InChI=1S/C42H24N6S3/c1-4-19-34-31(16-1)43-40(49-34)28-13-7-10-25(22-28)37-46-38(26-11-8-14-29(23-26)41-44-32-17-2-5-20-35(32)50-41)48-39(47-37)27-12-9-15-30(24-27)42-45-33-18-3-6-21-36(33)51-42/h1-24H. The highest BCUT2D eigenvalue weighted by molar-refractivity contribution is 7.22. The molecule has 0 bridgehead atoms. The number of para-hydroxylation sites is 3. The average Bonchev–Trinajstić information content (AvgIpc) is 3.95. The second-order valence-corrected chi connectivity index (χ2v) is 15.1. The fourth-order valence-electron chi connectivity index (χ4n) is 6.12. The van der Waals surface area contributed by atoms with Crippen LogP contribution in [0.15, 0.2) is 146 Å². The Hall–Kier alpha value is -6.00. The molecule has 4 heterocycles. The zero-order valence-electron chi connectivity index (χ0n) is 26.8. The second kappa shape index (κ2) is 12.4. The van der Waals surface area contributed by atoms with Gasteiger partial charge in [0.15, 0.2) is 17.5 Å². The van der Waals surface area contributed by atoms with Crippen LogP contribution in [0.1, 0.15) is 0 Å².